The minimum atomic E-state index is -0.674. The van der Waals surface area contributed by atoms with Gasteiger partial charge in [0.25, 0.3) is 5.56 Å². The zero-order chi connectivity index (χ0) is 22.3. The first-order valence-corrected chi connectivity index (χ1v) is 10.4. The van der Waals surface area contributed by atoms with Crippen molar-refractivity contribution in [2.24, 2.45) is 0 Å². The van der Waals surface area contributed by atoms with Gasteiger partial charge < -0.3 is 20.3 Å². The second kappa shape index (κ2) is 10.8. The van der Waals surface area contributed by atoms with E-state index in [2.05, 4.69) is 4.98 Å². The zero-order valence-electron chi connectivity index (χ0n) is 18.0. The minimum absolute atomic E-state index is 0.000435. The maximum Gasteiger partial charge on any atom is 0.409 e. The lowest BCUT2D eigenvalue weighted by Gasteiger charge is -2.34. The van der Waals surface area contributed by atoms with Crippen LogP contribution in [0.25, 0.3) is 0 Å². The molecule has 1 aromatic rings. The molecule has 0 aromatic carbocycles. The van der Waals surface area contributed by atoms with Crippen LogP contribution in [0.2, 0.25) is 0 Å². The molecule has 0 radical (unpaired) electrons. The third-order valence-electron chi connectivity index (χ3n) is 5.09. The Balaban J connectivity index is 2.13. The van der Waals surface area contributed by atoms with E-state index in [1.807, 2.05) is 11.8 Å². The number of unbranched alkanes of at least 4 members (excludes halogenated alkanes) is 1. The Morgan fingerprint density at radius 1 is 1.13 bits per heavy atom. The summed E-state index contributed by atoms with van der Waals surface area (Å²) in [5.74, 6) is -0.292. The van der Waals surface area contributed by atoms with E-state index in [0.717, 1.165) is 12.8 Å². The number of nitrogens with two attached hydrogens (primary N) is 1. The average molecular weight is 425 g/mol. The molecule has 1 fully saturated rings. The number of carbonyl (C=O) groups is 2. The van der Waals surface area contributed by atoms with Gasteiger partial charge in [0.1, 0.15) is 5.82 Å². The van der Waals surface area contributed by atoms with Gasteiger partial charge in [-0.25, -0.2) is 9.59 Å². The van der Waals surface area contributed by atoms with Gasteiger partial charge in [-0.15, -0.1) is 0 Å². The Hall–Kier alpha value is -2.82. The number of hydrogen-bond acceptors (Lipinski definition) is 7. The van der Waals surface area contributed by atoms with Crippen LogP contribution < -0.4 is 21.9 Å². The van der Waals surface area contributed by atoms with Crippen molar-refractivity contribution >= 4 is 23.5 Å². The highest BCUT2D eigenvalue weighted by Gasteiger charge is 2.27. The Morgan fingerprint density at radius 3 is 2.37 bits per heavy atom. The van der Waals surface area contributed by atoms with Gasteiger partial charge in [0.2, 0.25) is 5.91 Å². The van der Waals surface area contributed by atoms with E-state index in [-0.39, 0.29) is 36.6 Å². The molecule has 0 bridgehead atoms. The van der Waals surface area contributed by atoms with E-state index in [0.29, 0.717) is 39.3 Å². The van der Waals surface area contributed by atoms with Gasteiger partial charge in [0.15, 0.2) is 5.69 Å². The van der Waals surface area contributed by atoms with Gasteiger partial charge in [0.05, 0.1) is 13.2 Å². The fourth-order valence-corrected chi connectivity index (χ4v) is 3.42. The van der Waals surface area contributed by atoms with Crippen LogP contribution in [0.15, 0.2) is 9.59 Å². The highest BCUT2D eigenvalue weighted by Crippen LogP contribution is 2.17. The molecule has 0 atom stereocenters. The molecule has 2 rings (SSSR count). The number of anilines is 2. The summed E-state index contributed by atoms with van der Waals surface area (Å²) in [5, 5.41) is 0. The van der Waals surface area contributed by atoms with Gasteiger partial charge in [-0.2, -0.15) is 0 Å². The molecule has 168 valence electrons. The lowest BCUT2D eigenvalue weighted by molar-refractivity contribution is -0.120. The SMILES string of the molecule is CCCCn1c(N)c(N(CC)C(=O)CN2CCN(C(=O)OCC)CC2)c(=O)[nH]c1=O. The lowest BCUT2D eigenvalue weighted by atomic mass is 10.3. The van der Waals surface area contributed by atoms with E-state index in [1.54, 1.807) is 18.7 Å². The number of aromatic amines is 1. The number of nitrogens with one attached hydrogen (secondary N) is 1. The van der Waals surface area contributed by atoms with Crippen LogP contribution in [0, 0.1) is 0 Å². The number of aromatic nitrogens is 2. The molecule has 30 heavy (non-hydrogen) atoms. The second-order valence-electron chi connectivity index (χ2n) is 7.10. The Kier molecular flexibility index (Phi) is 8.46. The molecule has 2 amide bonds. The molecule has 0 saturated carbocycles. The molecule has 11 heteroatoms. The fourth-order valence-electron chi connectivity index (χ4n) is 3.42. The van der Waals surface area contributed by atoms with Gasteiger partial charge >= 0.3 is 11.8 Å². The summed E-state index contributed by atoms with van der Waals surface area (Å²) in [6, 6.07) is 0. The smallest absolute Gasteiger partial charge is 0.409 e. The molecule has 1 aromatic heterocycles. The molecule has 1 aliphatic rings. The number of nitrogen functional groups attached to an aromatic ring is 1. The first-order valence-electron chi connectivity index (χ1n) is 10.4. The summed E-state index contributed by atoms with van der Waals surface area (Å²) >= 11 is 0. The summed E-state index contributed by atoms with van der Waals surface area (Å²) in [5.41, 5.74) is 4.88. The Morgan fingerprint density at radius 2 is 1.80 bits per heavy atom. The summed E-state index contributed by atoms with van der Waals surface area (Å²) < 4.78 is 6.30. The normalized spacial score (nSPS) is 14.6. The van der Waals surface area contributed by atoms with Gasteiger partial charge in [-0.05, 0) is 20.3 Å². The first kappa shape index (κ1) is 23.5. The molecule has 2 heterocycles. The minimum Gasteiger partial charge on any atom is -0.450 e. The maximum atomic E-state index is 13.0. The Bertz CT molecular complexity index is 856. The highest BCUT2D eigenvalue weighted by atomic mass is 16.6. The number of likely N-dealkylation sites (N-methyl/N-ethyl adjacent to an activating group) is 1. The molecule has 11 nitrogen and oxygen atoms in total. The van der Waals surface area contributed by atoms with Crippen molar-refractivity contribution in [3.63, 3.8) is 0 Å². The van der Waals surface area contributed by atoms with Crippen LogP contribution in [-0.4, -0.2) is 77.2 Å². The van der Waals surface area contributed by atoms with Gasteiger partial charge in [-0.1, -0.05) is 13.3 Å². The number of piperazine rings is 1. The molecular formula is C19H32N6O5. The summed E-state index contributed by atoms with van der Waals surface area (Å²) in [6.07, 6.45) is 1.22. The van der Waals surface area contributed by atoms with E-state index in [9.17, 15) is 19.2 Å². The second-order valence-corrected chi connectivity index (χ2v) is 7.10. The monoisotopic (exact) mass is 424 g/mol. The van der Waals surface area contributed by atoms with Crippen molar-refractivity contribution in [3.8, 4) is 0 Å². The number of hydrogen-bond donors (Lipinski definition) is 2. The molecule has 0 aliphatic carbocycles. The predicted octanol–water partition coefficient (Wildman–Crippen LogP) is 0.0459. The predicted molar refractivity (Wildman–Crippen MR) is 114 cm³/mol. The molecule has 0 unspecified atom stereocenters. The molecule has 1 aliphatic heterocycles. The van der Waals surface area contributed by atoms with E-state index in [1.165, 1.54) is 9.47 Å². The molecular weight excluding hydrogens is 392 g/mol. The third kappa shape index (κ3) is 5.41. The number of amides is 2. The molecule has 3 N–H and O–H groups in total. The molecule has 0 spiro atoms. The van der Waals surface area contributed by atoms with Crippen molar-refractivity contribution in [3.05, 3.63) is 20.8 Å². The summed E-state index contributed by atoms with van der Waals surface area (Å²) in [4.78, 5) is 56.4. The molecule has 1 saturated heterocycles. The van der Waals surface area contributed by atoms with Crippen molar-refractivity contribution < 1.29 is 14.3 Å². The maximum absolute atomic E-state index is 13.0. The largest absolute Gasteiger partial charge is 0.450 e. The average Bonchev–Trinajstić information content (AvgIpc) is 2.71. The quantitative estimate of drug-likeness (QED) is 0.602. The van der Waals surface area contributed by atoms with Gasteiger partial charge in [-0.3, -0.25) is 24.0 Å². The topological polar surface area (TPSA) is 134 Å². The third-order valence-corrected chi connectivity index (χ3v) is 5.09. The van der Waals surface area contributed by atoms with Crippen LogP contribution in [0.4, 0.5) is 16.3 Å². The van der Waals surface area contributed by atoms with Crippen LogP contribution in [0.3, 0.4) is 0 Å². The number of H-pyrrole nitrogens is 1. The number of ether oxygens (including phenoxy) is 1. The van der Waals surface area contributed by atoms with Crippen molar-refractivity contribution in [1.29, 1.82) is 0 Å². The first-order chi connectivity index (χ1) is 14.3. The summed E-state index contributed by atoms with van der Waals surface area (Å²) in [6.45, 7) is 8.45. The van der Waals surface area contributed by atoms with E-state index < -0.39 is 11.2 Å². The number of carbonyl (C=O) groups excluding carboxylic acids is 2. The van der Waals surface area contributed by atoms with Crippen molar-refractivity contribution in [2.45, 2.75) is 40.2 Å². The van der Waals surface area contributed by atoms with Crippen LogP contribution >= 0.6 is 0 Å². The standard InChI is InChI=1S/C19H32N6O5/c1-4-7-8-25-16(20)15(17(27)21-18(25)28)24(5-2)14(26)13-22-9-11-23(12-10-22)19(29)30-6-3/h4-13,20H2,1-3H3,(H,21,27,28). The summed E-state index contributed by atoms with van der Waals surface area (Å²) in [7, 11) is 0. The van der Waals surface area contributed by atoms with Crippen LogP contribution in [0.5, 0.6) is 0 Å². The number of rotatable bonds is 8. The van der Waals surface area contributed by atoms with Crippen molar-refractivity contribution in [1.82, 2.24) is 19.4 Å². The highest BCUT2D eigenvalue weighted by molar-refractivity contribution is 5.96. The van der Waals surface area contributed by atoms with E-state index >= 15 is 0 Å². The fraction of sp³-hybridized carbons (Fsp3) is 0.684. The number of nitrogens with zero attached hydrogens (tertiary/aromatic N) is 4. The zero-order valence-corrected chi connectivity index (χ0v) is 18.0. The van der Waals surface area contributed by atoms with Gasteiger partial charge in [0, 0.05) is 39.3 Å². The van der Waals surface area contributed by atoms with Crippen LogP contribution in [0.1, 0.15) is 33.6 Å². The Labute approximate surface area is 175 Å². The lowest BCUT2D eigenvalue weighted by Crippen LogP contribution is -2.52. The van der Waals surface area contributed by atoms with Crippen LogP contribution in [-0.2, 0) is 16.1 Å². The van der Waals surface area contributed by atoms with E-state index in [4.69, 9.17) is 10.5 Å². The van der Waals surface area contributed by atoms with Crippen molar-refractivity contribution in [2.75, 3.05) is 56.5 Å².